The molecule has 3 nitrogen and oxygen atoms in total. The summed E-state index contributed by atoms with van der Waals surface area (Å²) >= 11 is 5.91. The number of rotatable bonds is 5. The minimum Gasteiger partial charge on any atom is -0.493 e. The Labute approximate surface area is 112 Å². The Hall–Kier alpha value is -1.48. The van der Waals surface area contributed by atoms with E-state index in [2.05, 4.69) is 4.98 Å². The standard InChI is InChI=1S/C14H17ClN2O/c1-11-4-3-5-12(10-15)14(11)18-9-6-13-16-7-8-17(13)2/h3-5,7-8H,6,9-10H2,1-2H3. The van der Waals surface area contributed by atoms with Gasteiger partial charge in [-0.2, -0.15) is 0 Å². The van der Waals surface area contributed by atoms with Crippen LogP contribution in [0.1, 0.15) is 17.0 Å². The number of nitrogens with zero attached hydrogens (tertiary/aromatic N) is 2. The number of hydrogen-bond donors (Lipinski definition) is 0. The molecule has 0 aliphatic carbocycles. The van der Waals surface area contributed by atoms with E-state index in [1.807, 2.05) is 42.9 Å². The Balaban J connectivity index is 2.00. The number of aryl methyl sites for hydroxylation is 2. The molecule has 0 unspecified atom stereocenters. The van der Waals surface area contributed by atoms with E-state index >= 15 is 0 Å². The van der Waals surface area contributed by atoms with Gasteiger partial charge in [-0.15, -0.1) is 11.6 Å². The number of alkyl halides is 1. The minimum absolute atomic E-state index is 0.472. The lowest BCUT2D eigenvalue weighted by molar-refractivity contribution is 0.313. The van der Waals surface area contributed by atoms with Crippen LogP contribution in [-0.4, -0.2) is 16.2 Å². The first-order chi connectivity index (χ1) is 8.72. The van der Waals surface area contributed by atoms with E-state index in [1.54, 1.807) is 6.20 Å². The van der Waals surface area contributed by atoms with E-state index in [-0.39, 0.29) is 0 Å². The van der Waals surface area contributed by atoms with Crippen LogP contribution >= 0.6 is 11.6 Å². The average molecular weight is 265 g/mol. The van der Waals surface area contributed by atoms with E-state index in [0.29, 0.717) is 12.5 Å². The molecule has 96 valence electrons. The van der Waals surface area contributed by atoms with Crippen LogP contribution in [0.25, 0.3) is 0 Å². The van der Waals surface area contributed by atoms with Crippen molar-refractivity contribution in [3.63, 3.8) is 0 Å². The van der Waals surface area contributed by atoms with Crippen LogP contribution in [0.3, 0.4) is 0 Å². The molecule has 4 heteroatoms. The minimum atomic E-state index is 0.472. The first-order valence-corrected chi connectivity index (χ1v) is 6.49. The van der Waals surface area contributed by atoms with Gasteiger partial charge < -0.3 is 9.30 Å². The van der Waals surface area contributed by atoms with Crippen LogP contribution in [0, 0.1) is 6.92 Å². The molecule has 0 spiro atoms. The van der Waals surface area contributed by atoms with Gasteiger partial charge in [0, 0.05) is 31.4 Å². The summed E-state index contributed by atoms with van der Waals surface area (Å²) in [4.78, 5) is 4.27. The molecular weight excluding hydrogens is 248 g/mol. The molecule has 0 atom stereocenters. The fourth-order valence-corrected chi connectivity index (χ4v) is 2.12. The first-order valence-electron chi connectivity index (χ1n) is 5.96. The lowest BCUT2D eigenvalue weighted by Gasteiger charge is -2.12. The van der Waals surface area contributed by atoms with Gasteiger partial charge >= 0.3 is 0 Å². The van der Waals surface area contributed by atoms with Gasteiger partial charge in [0.1, 0.15) is 11.6 Å². The molecule has 1 aromatic carbocycles. The molecule has 0 saturated carbocycles. The van der Waals surface area contributed by atoms with Gasteiger partial charge in [0.15, 0.2) is 0 Å². The van der Waals surface area contributed by atoms with Gasteiger partial charge in [-0.05, 0) is 12.5 Å². The molecule has 1 heterocycles. The maximum absolute atomic E-state index is 5.91. The number of halogens is 1. The van der Waals surface area contributed by atoms with Crippen molar-refractivity contribution in [1.29, 1.82) is 0 Å². The third-order valence-corrected chi connectivity index (χ3v) is 3.22. The van der Waals surface area contributed by atoms with Crippen molar-refractivity contribution in [2.24, 2.45) is 7.05 Å². The molecule has 0 amide bonds. The SMILES string of the molecule is Cc1cccc(CCl)c1OCCc1nccn1C. The molecule has 2 aromatic rings. The molecule has 0 bridgehead atoms. The van der Waals surface area contributed by atoms with Gasteiger partial charge in [-0.3, -0.25) is 0 Å². The molecule has 0 saturated heterocycles. The Kier molecular flexibility index (Phi) is 4.26. The highest BCUT2D eigenvalue weighted by atomic mass is 35.5. The maximum atomic E-state index is 5.91. The van der Waals surface area contributed by atoms with E-state index in [4.69, 9.17) is 16.3 Å². The summed E-state index contributed by atoms with van der Waals surface area (Å²) in [7, 11) is 1.99. The zero-order valence-electron chi connectivity index (χ0n) is 10.7. The van der Waals surface area contributed by atoms with E-state index < -0.39 is 0 Å². The topological polar surface area (TPSA) is 27.1 Å². The second kappa shape index (κ2) is 5.91. The third kappa shape index (κ3) is 2.85. The smallest absolute Gasteiger partial charge is 0.126 e. The van der Waals surface area contributed by atoms with Crippen molar-refractivity contribution in [3.8, 4) is 5.75 Å². The van der Waals surface area contributed by atoms with Crippen molar-refractivity contribution >= 4 is 11.6 Å². The van der Waals surface area contributed by atoms with E-state index in [0.717, 1.165) is 29.1 Å². The van der Waals surface area contributed by atoms with Crippen molar-refractivity contribution in [3.05, 3.63) is 47.5 Å². The van der Waals surface area contributed by atoms with Crippen LogP contribution in [-0.2, 0) is 19.3 Å². The van der Waals surface area contributed by atoms with Crippen molar-refractivity contribution in [2.45, 2.75) is 19.2 Å². The first kappa shape index (κ1) is 13.0. The van der Waals surface area contributed by atoms with Gasteiger partial charge in [-0.1, -0.05) is 18.2 Å². The molecule has 0 fully saturated rings. The molecule has 1 aromatic heterocycles. The summed E-state index contributed by atoms with van der Waals surface area (Å²) < 4.78 is 7.85. The highest BCUT2D eigenvalue weighted by molar-refractivity contribution is 6.17. The number of ether oxygens (including phenoxy) is 1. The Morgan fingerprint density at radius 3 is 2.89 bits per heavy atom. The Morgan fingerprint density at radius 1 is 1.39 bits per heavy atom. The number of imidazole rings is 1. The van der Waals surface area contributed by atoms with Crippen molar-refractivity contribution in [1.82, 2.24) is 9.55 Å². The number of benzene rings is 1. The summed E-state index contributed by atoms with van der Waals surface area (Å²) in [5, 5.41) is 0. The van der Waals surface area contributed by atoms with Gasteiger partial charge in [0.05, 0.1) is 12.5 Å². The largest absolute Gasteiger partial charge is 0.493 e. The van der Waals surface area contributed by atoms with Crippen LogP contribution < -0.4 is 4.74 Å². The van der Waals surface area contributed by atoms with Crippen LogP contribution in [0.5, 0.6) is 5.75 Å². The highest BCUT2D eigenvalue weighted by Crippen LogP contribution is 2.24. The van der Waals surface area contributed by atoms with Gasteiger partial charge in [-0.25, -0.2) is 4.98 Å². The molecule has 0 aliphatic rings. The monoisotopic (exact) mass is 264 g/mol. The van der Waals surface area contributed by atoms with Crippen LogP contribution in [0.4, 0.5) is 0 Å². The van der Waals surface area contributed by atoms with E-state index in [9.17, 15) is 0 Å². The molecular formula is C14H17ClN2O. The molecule has 0 aliphatic heterocycles. The third-order valence-electron chi connectivity index (χ3n) is 2.93. The second-order valence-electron chi connectivity index (χ2n) is 4.25. The summed E-state index contributed by atoms with van der Waals surface area (Å²) in [6.45, 7) is 2.64. The lowest BCUT2D eigenvalue weighted by Crippen LogP contribution is -2.07. The highest BCUT2D eigenvalue weighted by Gasteiger charge is 2.06. The number of para-hydroxylation sites is 1. The van der Waals surface area contributed by atoms with Crippen molar-refractivity contribution in [2.75, 3.05) is 6.61 Å². The van der Waals surface area contributed by atoms with Gasteiger partial charge in [0.2, 0.25) is 0 Å². The Morgan fingerprint density at radius 2 is 2.22 bits per heavy atom. The molecule has 2 rings (SSSR count). The normalized spacial score (nSPS) is 10.6. The number of aromatic nitrogens is 2. The average Bonchev–Trinajstić information content (AvgIpc) is 2.77. The van der Waals surface area contributed by atoms with Crippen LogP contribution in [0.15, 0.2) is 30.6 Å². The fraction of sp³-hybridized carbons (Fsp3) is 0.357. The number of hydrogen-bond acceptors (Lipinski definition) is 2. The summed E-state index contributed by atoms with van der Waals surface area (Å²) in [6, 6.07) is 6.03. The lowest BCUT2D eigenvalue weighted by atomic mass is 10.1. The summed E-state index contributed by atoms with van der Waals surface area (Å²) in [6.07, 6.45) is 4.53. The van der Waals surface area contributed by atoms with Crippen molar-refractivity contribution < 1.29 is 4.74 Å². The predicted molar refractivity (Wildman–Crippen MR) is 73.1 cm³/mol. The maximum Gasteiger partial charge on any atom is 0.126 e. The predicted octanol–water partition coefficient (Wildman–Crippen LogP) is 3.09. The van der Waals surface area contributed by atoms with E-state index in [1.165, 1.54) is 0 Å². The summed E-state index contributed by atoms with van der Waals surface area (Å²) in [5.74, 6) is 2.40. The van der Waals surface area contributed by atoms with Crippen LogP contribution in [0.2, 0.25) is 0 Å². The molecule has 0 N–H and O–H groups in total. The Bertz CT molecular complexity index is 522. The summed E-state index contributed by atoms with van der Waals surface area (Å²) in [5.41, 5.74) is 2.16. The van der Waals surface area contributed by atoms with Gasteiger partial charge in [0.25, 0.3) is 0 Å². The molecule has 0 radical (unpaired) electrons. The quantitative estimate of drug-likeness (QED) is 0.776. The fourth-order valence-electron chi connectivity index (χ4n) is 1.91. The molecule has 18 heavy (non-hydrogen) atoms. The zero-order chi connectivity index (χ0) is 13.0. The zero-order valence-corrected chi connectivity index (χ0v) is 11.4. The second-order valence-corrected chi connectivity index (χ2v) is 4.52.